The van der Waals surface area contributed by atoms with Gasteiger partial charge in [-0.15, -0.1) is 0 Å². The van der Waals surface area contributed by atoms with E-state index in [0.29, 0.717) is 13.1 Å². The van der Waals surface area contributed by atoms with Gasteiger partial charge in [-0.1, -0.05) is 42.5 Å². The van der Waals surface area contributed by atoms with Crippen LogP contribution < -0.4 is 5.32 Å². The number of rotatable bonds is 5. The minimum atomic E-state index is -0.378. The van der Waals surface area contributed by atoms with Crippen molar-refractivity contribution >= 4 is 22.8 Å². The Bertz CT molecular complexity index is 1010. The standard InChI is InChI=1S/C22H24N4O2/c1-3-26-14-16(13-19(26)27)22(28)24-20(15-9-5-4-6-10-15)21-23-17-11-7-8-12-18(17)25(21)2/h4-12,16,20H,3,13-14H2,1-2H3,(H,24,28). The van der Waals surface area contributed by atoms with Gasteiger partial charge >= 0.3 is 0 Å². The minimum absolute atomic E-state index is 0.0432. The third-order valence-corrected chi connectivity index (χ3v) is 5.47. The van der Waals surface area contributed by atoms with Gasteiger partial charge in [-0.2, -0.15) is 0 Å². The van der Waals surface area contributed by atoms with Crippen LogP contribution in [0.3, 0.4) is 0 Å². The summed E-state index contributed by atoms with van der Waals surface area (Å²) in [5, 5.41) is 3.16. The summed E-state index contributed by atoms with van der Waals surface area (Å²) in [6.07, 6.45) is 0.268. The first-order valence-corrected chi connectivity index (χ1v) is 9.63. The van der Waals surface area contributed by atoms with Crippen molar-refractivity contribution in [2.75, 3.05) is 13.1 Å². The van der Waals surface area contributed by atoms with Gasteiger partial charge in [-0.05, 0) is 24.6 Å². The molecular formula is C22H24N4O2. The van der Waals surface area contributed by atoms with Gasteiger partial charge in [0.15, 0.2) is 0 Å². The highest BCUT2D eigenvalue weighted by Crippen LogP contribution is 2.26. The van der Waals surface area contributed by atoms with Crippen LogP contribution in [0.15, 0.2) is 54.6 Å². The lowest BCUT2D eigenvalue weighted by Crippen LogP contribution is -2.37. The first-order chi connectivity index (χ1) is 13.6. The quantitative estimate of drug-likeness (QED) is 0.744. The third kappa shape index (κ3) is 3.26. The van der Waals surface area contributed by atoms with Crippen LogP contribution in [-0.2, 0) is 16.6 Å². The van der Waals surface area contributed by atoms with E-state index >= 15 is 0 Å². The Kier molecular flexibility index (Phi) is 4.86. The molecule has 1 aliphatic heterocycles. The molecule has 2 heterocycles. The summed E-state index contributed by atoms with van der Waals surface area (Å²) in [4.78, 5) is 31.6. The molecular weight excluding hydrogens is 352 g/mol. The van der Waals surface area contributed by atoms with Crippen molar-refractivity contribution in [2.24, 2.45) is 13.0 Å². The van der Waals surface area contributed by atoms with Crippen molar-refractivity contribution in [1.82, 2.24) is 19.8 Å². The molecule has 0 radical (unpaired) electrons. The van der Waals surface area contributed by atoms with Gasteiger partial charge in [0.05, 0.1) is 17.0 Å². The van der Waals surface area contributed by atoms with Gasteiger partial charge in [0.1, 0.15) is 11.9 Å². The number of nitrogens with one attached hydrogen (secondary N) is 1. The van der Waals surface area contributed by atoms with Crippen LogP contribution >= 0.6 is 0 Å². The zero-order valence-corrected chi connectivity index (χ0v) is 16.1. The van der Waals surface area contributed by atoms with E-state index in [0.717, 1.165) is 22.4 Å². The molecule has 6 nitrogen and oxygen atoms in total. The Morgan fingerprint density at radius 2 is 1.89 bits per heavy atom. The lowest BCUT2D eigenvalue weighted by atomic mass is 10.0. The van der Waals surface area contributed by atoms with Crippen LogP contribution in [0.2, 0.25) is 0 Å². The van der Waals surface area contributed by atoms with Crippen LogP contribution in [0.5, 0.6) is 0 Å². The third-order valence-electron chi connectivity index (χ3n) is 5.47. The Labute approximate surface area is 164 Å². The lowest BCUT2D eigenvalue weighted by Gasteiger charge is -2.21. The number of para-hydroxylation sites is 2. The molecule has 1 fully saturated rings. The summed E-state index contributed by atoms with van der Waals surface area (Å²) in [5.41, 5.74) is 2.87. The fourth-order valence-corrected chi connectivity index (χ4v) is 3.88. The van der Waals surface area contributed by atoms with Gasteiger partial charge in [0.25, 0.3) is 0 Å². The molecule has 1 N–H and O–H groups in total. The maximum atomic E-state index is 13.0. The number of amides is 2. The molecule has 3 aromatic rings. The molecule has 1 aromatic heterocycles. The Hall–Kier alpha value is -3.15. The van der Waals surface area contributed by atoms with Gasteiger partial charge < -0.3 is 14.8 Å². The largest absolute Gasteiger partial charge is 0.342 e. The van der Waals surface area contributed by atoms with E-state index in [1.807, 2.05) is 73.1 Å². The van der Waals surface area contributed by atoms with Crippen LogP contribution in [0.1, 0.15) is 30.8 Å². The van der Waals surface area contributed by atoms with Crippen molar-refractivity contribution < 1.29 is 9.59 Å². The van der Waals surface area contributed by atoms with Crippen molar-refractivity contribution in [3.05, 3.63) is 66.0 Å². The number of carbonyl (C=O) groups excluding carboxylic acids is 2. The number of carbonyl (C=O) groups is 2. The number of hydrogen-bond donors (Lipinski definition) is 1. The molecule has 6 heteroatoms. The SMILES string of the molecule is CCN1CC(C(=O)NC(c2ccccc2)c2nc3ccccc3n2C)CC1=O. The molecule has 2 amide bonds. The number of imidazole rings is 1. The van der Waals surface area contributed by atoms with E-state index in [9.17, 15) is 9.59 Å². The summed E-state index contributed by atoms with van der Waals surface area (Å²) >= 11 is 0. The molecule has 0 saturated carbocycles. The Balaban J connectivity index is 1.68. The van der Waals surface area contributed by atoms with E-state index in [1.165, 1.54) is 0 Å². The van der Waals surface area contributed by atoms with Crippen molar-refractivity contribution in [1.29, 1.82) is 0 Å². The van der Waals surface area contributed by atoms with Gasteiger partial charge in [-0.3, -0.25) is 9.59 Å². The summed E-state index contributed by atoms with van der Waals surface area (Å²) in [7, 11) is 1.96. The molecule has 2 unspecified atom stereocenters. The maximum absolute atomic E-state index is 13.0. The normalized spacial score (nSPS) is 17.9. The summed E-state index contributed by atoms with van der Waals surface area (Å²) in [6.45, 7) is 3.05. The second-order valence-electron chi connectivity index (χ2n) is 7.20. The highest BCUT2D eigenvalue weighted by atomic mass is 16.2. The zero-order valence-electron chi connectivity index (χ0n) is 16.1. The second kappa shape index (κ2) is 7.46. The number of fused-ring (bicyclic) bond motifs is 1. The Morgan fingerprint density at radius 1 is 1.18 bits per heavy atom. The number of likely N-dealkylation sites (tertiary alicyclic amines) is 1. The summed E-state index contributed by atoms with van der Waals surface area (Å²) in [5.74, 6) is 0.387. The highest BCUT2D eigenvalue weighted by Gasteiger charge is 2.35. The van der Waals surface area contributed by atoms with Crippen molar-refractivity contribution in [3.8, 4) is 0 Å². The maximum Gasteiger partial charge on any atom is 0.226 e. The Morgan fingerprint density at radius 3 is 2.57 bits per heavy atom. The highest BCUT2D eigenvalue weighted by molar-refractivity contribution is 5.89. The number of benzene rings is 2. The van der Waals surface area contributed by atoms with E-state index in [2.05, 4.69) is 5.32 Å². The average molecular weight is 376 g/mol. The number of hydrogen-bond acceptors (Lipinski definition) is 3. The van der Waals surface area contributed by atoms with Crippen molar-refractivity contribution in [3.63, 3.8) is 0 Å². The average Bonchev–Trinajstić information content (AvgIpc) is 3.27. The first-order valence-electron chi connectivity index (χ1n) is 9.63. The second-order valence-corrected chi connectivity index (χ2v) is 7.20. The van der Waals surface area contributed by atoms with E-state index in [4.69, 9.17) is 4.98 Å². The number of aromatic nitrogens is 2. The fourth-order valence-electron chi connectivity index (χ4n) is 3.88. The number of aryl methyl sites for hydroxylation is 1. The molecule has 2 aromatic carbocycles. The van der Waals surface area contributed by atoms with Crippen molar-refractivity contribution in [2.45, 2.75) is 19.4 Å². The topological polar surface area (TPSA) is 67.2 Å². The van der Waals surface area contributed by atoms with Gasteiger partial charge in [0, 0.05) is 26.6 Å². The van der Waals surface area contributed by atoms with E-state index < -0.39 is 0 Å². The fraction of sp³-hybridized carbons (Fsp3) is 0.318. The van der Waals surface area contributed by atoms with Crippen LogP contribution in [0.4, 0.5) is 0 Å². The van der Waals surface area contributed by atoms with E-state index in [1.54, 1.807) is 4.90 Å². The zero-order chi connectivity index (χ0) is 19.7. The van der Waals surface area contributed by atoms with Gasteiger partial charge in [-0.25, -0.2) is 4.98 Å². The summed E-state index contributed by atoms with van der Waals surface area (Å²) in [6, 6.07) is 17.4. The summed E-state index contributed by atoms with van der Waals surface area (Å²) < 4.78 is 2.02. The lowest BCUT2D eigenvalue weighted by molar-refractivity contribution is -0.129. The molecule has 28 heavy (non-hydrogen) atoms. The molecule has 1 aliphatic rings. The molecule has 144 valence electrons. The predicted molar refractivity (Wildman–Crippen MR) is 108 cm³/mol. The molecule has 0 bridgehead atoms. The monoisotopic (exact) mass is 376 g/mol. The van der Waals surface area contributed by atoms with Crippen LogP contribution in [0, 0.1) is 5.92 Å². The van der Waals surface area contributed by atoms with Gasteiger partial charge in [0.2, 0.25) is 11.8 Å². The first kappa shape index (κ1) is 18.2. The molecule has 1 saturated heterocycles. The predicted octanol–water partition coefficient (Wildman–Crippen LogP) is 2.65. The molecule has 2 atom stereocenters. The number of nitrogens with zero attached hydrogens (tertiary/aromatic N) is 3. The molecule has 0 aliphatic carbocycles. The molecule has 4 rings (SSSR count). The van der Waals surface area contributed by atoms with E-state index in [-0.39, 0.29) is 30.2 Å². The molecule has 0 spiro atoms. The van der Waals surface area contributed by atoms with Crippen LogP contribution in [-0.4, -0.2) is 39.4 Å². The van der Waals surface area contributed by atoms with Crippen LogP contribution in [0.25, 0.3) is 11.0 Å². The smallest absolute Gasteiger partial charge is 0.226 e. The minimum Gasteiger partial charge on any atom is -0.342 e.